The molecule has 0 saturated carbocycles. The van der Waals surface area contributed by atoms with Crippen molar-refractivity contribution < 1.29 is 4.79 Å². The third-order valence-corrected chi connectivity index (χ3v) is 4.16. The van der Waals surface area contributed by atoms with E-state index < -0.39 is 0 Å². The molecule has 104 valence electrons. The maximum Gasteiger partial charge on any atom is 0.227 e. The Kier molecular flexibility index (Phi) is 3.95. The van der Waals surface area contributed by atoms with E-state index >= 15 is 0 Å². The average molecular weight is 260 g/mol. The van der Waals surface area contributed by atoms with Crippen LogP contribution in [-0.2, 0) is 4.79 Å². The van der Waals surface area contributed by atoms with Gasteiger partial charge in [-0.2, -0.15) is 0 Å². The van der Waals surface area contributed by atoms with Gasteiger partial charge in [-0.15, -0.1) is 0 Å². The molecule has 1 saturated heterocycles. The molecule has 2 unspecified atom stereocenters. The van der Waals surface area contributed by atoms with Crippen molar-refractivity contribution >= 4 is 5.91 Å². The number of rotatable bonds is 3. The summed E-state index contributed by atoms with van der Waals surface area (Å²) in [5, 5.41) is 6.42. The summed E-state index contributed by atoms with van der Waals surface area (Å²) >= 11 is 0. The van der Waals surface area contributed by atoms with Crippen molar-refractivity contribution in [2.45, 2.75) is 40.2 Å². The second-order valence-corrected chi connectivity index (χ2v) is 6.04. The van der Waals surface area contributed by atoms with E-state index in [-0.39, 0.29) is 17.4 Å². The molecular weight excluding hydrogens is 236 g/mol. The summed E-state index contributed by atoms with van der Waals surface area (Å²) in [4.78, 5) is 12.4. The van der Waals surface area contributed by atoms with Crippen LogP contribution in [0.4, 0.5) is 0 Å². The van der Waals surface area contributed by atoms with Gasteiger partial charge in [-0.05, 0) is 51.8 Å². The lowest BCUT2D eigenvalue weighted by atomic mass is 9.88. The molecule has 0 aromatic heterocycles. The van der Waals surface area contributed by atoms with E-state index in [2.05, 4.69) is 49.6 Å². The molecule has 1 aliphatic rings. The molecule has 2 N–H and O–H groups in total. The lowest BCUT2D eigenvalue weighted by Crippen LogP contribution is -2.41. The number of nitrogens with one attached hydrogen (secondary N) is 2. The van der Waals surface area contributed by atoms with Crippen LogP contribution in [0.3, 0.4) is 0 Å². The standard InChI is InChI=1S/C16H24N2O/c1-11-5-6-14(12(2)9-11)13(3)18-15(19)16(4)7-8-17-10-16/h5-6,9,13,17H,7-8,10H2,1-4H3,(H,18,19). The number of aryl methyl sites for hydroxylation is 2. The Balaban J connectivity index is 2.08. The van der Waals surface area contributed by atoms with Gasteiger partial charge >= 0.3 is 0 Å². The van der Waals surface area contributed by atoms with Gasteiger partial charge in [0.1, 0.15) is 0 Å². The molecule has 1 aromatic rings. The van der Waals surface area contributed by atoms with Gasteiger partial charge in [0.15, 0.2) is 0 Å². The van der Waals surface area contributed by atoms with E-state index in [0.29, 0.717) is 0 Å². The van der Waals surface area contributed by atoms with Crippen LogP contribution in [-0.4, -0.2) is 19.0 Å². The molecule has 2 atom stereocenters. The minimum Gasteiger partial charge on any atom is -0.349 e. The number of hydrogen-bond acceptors (Lipinski definition) is 2. The fraction of sp³-hybridized carbons (Fsp3) is 0.562. The molecule has 1 amide bonds. The Labute approximate surface area is 115 Å². The summed E-state index contributed by atoms with van der Waals surface area (Å²) in [5.74, 6) is 0.157. The fourth-order valence-corrected chi connectivity index (χ4v) is 2.77. The first-order valence-electron chi connectivity index (χ1n) is 7.01. The molecule has 1 aromatic carbocycles. The number of amides is 1. The average Bonchev–Trinajstić information content (AvgIpc) is 2.77. The first-order valence-corrected chi connectivity index (χ1v) is 7.01. The second kappa shape index (κ2) is 5.33. The molecule has 3 nitrogen and oxygen atoms in total. The molecule has 2 rings (SSSR count). The first kappa shape index (κ1) is 14.1. The summed E-state index contributed by atoms with van der Waals surface area (Å²) in [6.45, 7) is 9.99. The second-order valence-electron chi connectivity index (χ2n) is 6.04. The number of benzene rings is 1. The quantitative estimate of drug-likeness (QED) is 0.876. The van der Waals surface area contributed by atoms with E-state index in [1.807, 2.05) is 6.92 Å². The van der Waals surface area contributed by atoms with E-state index in [0.717, 1.165) is 19.5 Å². The Hall–Kier alpha value is -1.35. The first-order chi connectivity index (χ1) is 8.92. The van der Waals surface area contributed by atoms with Crippen LogP contribution < -0.4 is 10.6 Å². The number of carbonyl (C=O) groups excluding carboxylic acids is 1. The molecule has 1 fully saturated rings. The van der Waals surface area contributed by atoms with Crippen LogP contribution in [0.1, 0.15) is 43.0 Å². The van der Waals surface area contributed by atoms with E-state index in [1.165, 1.54) is 16.7 Å². The number of carbonyl (C=O) groups is 1. The Bertz CT molecular complexity index is 476. The Morgan fingerprint density at radius 2 is 2.16 bits per heavy atom. The highest BCUT2D eigenvalue weighted by atomic mass is 16.2. The van der Waals surface area contributed by atoms with E-state index in [1.54, 1.807) is 0 Å². The Morgan fingerprint density at radius 3 is 2.74 bits per heavy atom. The van der Waals surface area contributed by atoms with Gasteiger partial charge in [0.2, 0.25) is 5.91 Å². The van der Waals surface area contributed by atoms with Gasteiger partial charge in [0.05, 0.1) is 11.5 Å². The highest BCUT2D eigenvalue weighted by Crippen LogP contribution is 2.26. The maximum absolute atomic E-state index is 12.4. The predicted molar refractivity (Wildman–Crippen MR) is 78.1 cm³/mol. The van der Waals surface area contributed by atoms with Gasteiger partial charge in [-0.3, -0.25) is 4.79 Å². The van der Waals surface area contributed by atoms with Crippen LogP contribution in [0.15, 0.2) is 18.2 Å². The van der Waals surface area contributed by atoms with Crippen LogP contribution in [0.5, 0.6) is 0 Å². The van der Waals surface area contributed by atoms with Crippen LogP contribution in [0.2, 0.25) is 0 Å². The zero-order chi connectivity index (χ0) is 14.0. The van der Waals surface area contributed by atoms with Gasteiger partial charge in [0.25, 0.3) is 0 Å². The molecule has 0 bridgehead atoms. The molecule has 0 radical (unpaired) electrons. The molecule has 0 spiro atoms. The van der Waals surface area contributed by atoms with Gasteiger partial charge in [-0.1, -0.05) is 23.8 Å². The third-order valence-electron chi connectivity index (χ3n) is 4.16. The van der Waals surface area contributed by atoms with Crippen molar-refractivity contribution in [2.24, 2.45) is 5.41 Å². The summed E-state index contributed by atoms with van der Waals surface area (Å²) in [6.07, 6.45) is 0.915. The summed E-state index contributed by atoms with van der Waals surface area (Å²) in [5.41, 5.74) is 3.44. The smallest absolute Gasteiger partial charge is 0.227 e. The monoisotopic (exact) mass is 260 g/mol. The minimum atomic E-state index is -0.257. The molecule has 19 heavy (non-hydrogen) atoms. The maximum atomic E-state index is 12.4. The zero-order valence-electron chi connectivity index (χ0n) is 12.3. The van der Waals surface area contributed by atoms with Crippen molar-refractivity contribution in [3.8, 4) is 0 Å². The molecule has 1 aliphatic heterocycles. The fourth-order valence-electron chi connectivity index (χ4n) is 2.77. The molecular formula is C16H24N2O. The highest BCUT2D eigenvalue weighted by molar-refractivity contribution is 5.83. The van der Waals surface area contributed by atoms with Gasteiger partial charge in [0, 0.05) is 6.54 Å². The van der Waals surface area contributed by atoms with Crippen molar-refractivity contribution in [3.05, 3.63) is 34.9 Å². The van der Waals surface area contributed by atoms with Crippen molar-refractivity contribution in [3.63, 3.8) is 0 Å². The zero-order valence-corrected chi connectivity index (χ0v) is 12.3. The number of hydrogen-bond donors (Lipinski definition) is 2. The van der Waals surface area contributed by atoms with Crippen LogP contribution in [0, 0.1) is 19.3 Å². The summed E-state index contributed by atoms with van der Waals surface area (Å²) < 4.78 is 0. The lowest BCUT2D eigenvalue weighted by Gasteiger charge is -2.25. The highest BCUT2D eigenvalue weighted by Gasteiger charge is 2.36. The largest absolute Gasteiger partial charge is 0.349 e. The molecule has 3 heteroatoms. The van der Waals surface area contributed by atoms with Crippen LogP contribution >= 0.6 is 0 Å². The summed E-state index contributed by atoms with van der Waals surface area (Å²) in [7, 11) is 0. The van der Waals surface area contributed by atoms with Crippen LogP contribution in [0.25, 0.3) is 0 Å². The lowest BCUT2D eigenvalue weighted by molar-refractivity contribution is -0.129. The summed E-state index contributed by atoms with van der Waals surface area (Å²) in [6, 6.07) is 6.44. The normalized spacial score (nSPS) is 24.2. The molecule has 1 heterocycles. The topological polar surface area (TPSA) is 41.1 Å². The SMILES string of the molecule is Cc1ccc(C(C)NC(=O)C2(C)CCNC2)c(C)c1. The van der Waals surface area contributed by atoms with Crippen molar-refractivity contribution in [1.82, 2.24) is 10.6 Å². The predicted octanol–water partition coefficient (Wildman–Crippen LogP) is 2.48. The molecule has 0 aliphatic carbocycles. The third kappa shape index (κ3) is 2.98. The van der Waals surface area contributed by atoms with Crippen molar-refractivity contribution in [1.29, 1.82) is 0 Å². The van der Waals surface area contributed by atoms with E-state index in [4.69, 9.17) is 0 Å². The van der Waals surface area contributed by atoms with E-state index in [9.17, 15) is 4.79 Å². The minimum absolute atomic E-state index is 0.0607. The van der Waals surface area contributed by atoms with Gasteiger partial charge in [-0.25, -0.2) is 0 Å². The van der Waals surface area contributed by atoms with Crippen molar-refractivity contribution in [2.75, 3.05) is 13.1 Å². The Morgan fingerprint density at radius 1 is 1.42 bits per heavy atom. The van der Waals surface area contributed by atoms with Gasteiger partial charge < -0.3 is 10.6 Å².